The quantitative estimate of drug-likeness (QED) is 0.585. The Morgan fingerprint density at radius 2 is 1.79 bits per heavy atom. The van der Waals surface area contributed by atoms with Crippen molar-refractivity contribution in [2.24, 2.45) is 5.92 Å². The Bertz CT molecular complexity index is 420. The average Bonchev–Trinajstić information content (AvgIpc) is 2.37. The van der Waals surface area contributed by atoms with Gasteiger partial charge in [0.25, 0.3) is 0 Å². The van der Waals surface area contributed by atoms with Crippen LogP contribution in [0.2, 0.25) is 0 Å². The molecular weight excluding hydrogens is 244 g/mol. The molecule has 0 atom stereocenters. The molecule has 0 fully saturated rings. The van der Waals surface area contributed by atoms with E-state index >= 15 is 0 Å². The fourth-order valence-electron chi connectivity index (χ4n) is 1.36. The van der Waals surface area contributed by atoms with Gasteiger partial charge in [0, 0.05) is 6.42 Å². The standard InChI is InChI=1S/C15H20O4/c1-4-5-14(16)19-13-8-6-12(7-9-13)10-18-15(17)11(2)3/h6-9,11H,4-5,10H2,1-3H3. The van der Waals surface area contributed by atoms with Crippen LogP contribution in [-0.2, 0) is 20.9 Å². The predicted molar refractivity (Wildman–Crippen MR) is 71.6 cm³/mol. The molecule has 0 N–H and O–H groups in total. The highest BCUT2D eigenvalue weighted by Crippen LogP contribution is 2.14. The summed E-state index contributed by atoms with van der Waals surface area (Å²) < 4.78 is 10.2. The van der Waals surface area contributed by atoms with Crippen molar-refractivity contribution in [3.63, 3.8) is 0 Å². The number of ether oxygens (including phenoxy) is 2. The zero-order valence-corrected chi connectivity index (χ0v) is 11.6. The van der Waals surface area contributed by atoms with Crippen LogP contribution >= 0.6 is 0 Å². The summed E-state index contributed by atoms with van der Waals surface area (Å²) in [5, 5.41) is 0. The minimum Gasteiger partial charge on any atom is -0.461 e. The lowest BCUT2D eigenvalue weighted by Crippen LogP contribution is -2.11. The Balaban J connectivity index is 2.47. The van der Waals surface area contributed by atoms with Gasteiger partial charge in [-0.25, -0.2) is 0 Å². The minimum atomic E-state index is -0.235. The summed E-state index contributed by atoms with van der Waals surface area (Å²) >= 11 is 0. The van der Waals surface area contributed by atoms with Gasteiger partial charge in [-0.3, -0.25) is 9.59 Å². The number of carbonyl (C=O) groups excluding carboxylic acids is 2. The van der Waals surface area contributed by atoms with Gasteiger partial charge >= 0.3 is 11.9 Å². The van der Waals surface area contributed by atoms with Crippen LogP contribution in [0.4, 0.5) is 0 Å². The van der Waals surface area contributed by atoms with Gasteiger partial charge < -0.3 is 9.47 Å². The number of rotatable bonds is 6. The van der Waals surface area contributed by atoms with Gasteiger partial charge in [-0.1, -0.05) is 32.9 Å². The smallest absolute Gasteiger partial charge is 0.311 e. The summed E-state index contributed by atoms with van der Waals surface area (Å²) in [5.74, 6) is -0.0772. The lowest BCUT2D eigenvalue weighted by Gasteiger charge is -2.08. The van der Waals surface area contributed by atoms with E-state index in [0.29, 0.717) is 12.2 Å². The number of carbonyl (C=O) groups is 2. The summed E-state index contributed by atoms with van der Waals surface area (Å²) in [6.45, 7) is 5.74. The molecule has 19 heavy (non-hydrogen) atoms. The van der Waals surface area contributed by atoms with Crippen molar-refractivity contribution in [3.05, 3.63) is 29.8 Å². The molecule has 0 saturated heterocycles. The normalized spacial score (nSPS) is 10.3. The Morgan fingerprint density at radius 1 is 1.16 bits per heavy atom. The third-order valence-electron chi connectivity index (χ3n) is 2.46. The Labute approximate surface area is 113 Å². The van der Waals surface area contributed by atoms with E-state index in [-0.39, 0.29) is 24.5 Å². The lowest BCUT2D eigenvalue weighted by atomic mass is 10.2. The maximum absolute atomic E-state index is 11.3. The van der Waals surface area contributed by atoms with Crippen LogP contribution in [0.1, 0.15) is 39.2 Å². The monoisotopic (exact) mass is 264 g/mol. The van der Waals surface area contributed by atoms with Crippen molar-refractivity contribution >= 4 is 11.9 Å². The van der Waals surface area contributed by atoms with Crippen molar-refractivity contribution in [3.8, 4) is 5.75 Å². The van der Waals surface area contributed by atoms with Crippen LogP contribution in [0.25, 0.3) is 0 Å². The van der Waals surface area contributed by atoms with E-state index in [1.54, 1.807) is 38.1 Å². The largest absolute Gasteiger partial charge is 0.461 e. The summed E-state index contributed by atoms with van der Waals surface area (Å²) in [5.41, 5.74) is 0.865. The van der Waals surface area contributed by atoms with Gasteiger partial charge in [0.05, 0.1) is 5.92 Å². The maximum Gasteiger partial charge on any atom is 0.311 e. The molecule has 4 heteroatoms. The molecular formula is C15H20O4. The van der Waals surface area contributed by atoms with Crippen molar-refractivity contribution in [1.29, 1.82) is 0 Å². The first-order chi connectivity index (χ1) is 9.02. The van der Waals surface area contributed by atoms with Crippen molar-refractivity contribution in [1.82, 2.24) is 0 Å². The van der Waals surface area contributed by atoms with Gasteiger partial charge in [-0.2, -0.15) is 0 Å². The maximum atomic E-state index is 11.3. The van der Waals surface area contributed by atoms with Gasteiger partial charge in [0.15, 0.2) is 0 Å². The second kappa shape index (κ2) is 7.56. The fraction of sp³-hybridized carbons (Fsp3) is 0.467. The number of hydrogen-bond donors (Lipinski definition) is 0. The summed E-state index contributed by atoms with van der Waals surface area (Å²) in [4.78, 5) is 22.6. The molecule has 0 aliphatic carbocycles. The third kappa shape index (κ3) is 5.55. The molecule has 0 aliphatic rings. The van der Waals surface area contributed by atoms with E-state index in [2.05, 4.69) is 0 Å². The van der Waals surface area contributed by atoms with Gasteiger partial charge in [-0.15, -0.1) is 0 Å². The second-order valence-corrected chi connectivity index (χ2v) is 4.63. The first-order valence-electron chi connectivity index (χ1n) is 6.49. The Morgan fingerprint density at radius 3 is 2.32 bits per heavy atom. The molecule has 0 bridgehead atoms. The molecule has 104 valence electrons. The van der Waals surface area contributed by atoms with E-state index in [1.807, 2.05) is 6.92 Å². The molecule has 1 aromatic rings. The molecule has 0 amide bonds. The number of benzene rings is 1. The summed E-state index contributed by atoms with van der Waals surface area (Å²) in [6, 6.07) is 6.96. The highest BCUT2D eigenvalue weighted by molar-refractivity contribution is 5.72. The van der Waals surface area contributed by atoms with Crippen LogP contribution in [-0.4, -0.2) is 11.9 Å². The molecule has 0 spiro atoms. The SMILES string of the molecule is CCCC(=O)Oc1ccc(COC(=O)C(C)C)cc1. The van der Waals surface area contributed by atoms with Gasteiger partial charge in [-0.05, 0) is 24.1 Å². The molecule has 0 aliphatic heterocycles. The average molecular weight is 264 g/mol. The highest BCUT2D eigenvalue weighted by Gasteiger charge is 2.08. The second-order valence-electron chi connectivity index (χ2n) is 4.63. The van der Waals surface area contributed by atoms with Gasteiger partial charge in [0.1, 0.15) is 12.4 Å². The molecule has 1 rings (SSSR count). The molecule has 0 saturated carbocycles. The van der Waals surface area contributed by atoms with Crippen molar-refractivity contribution in [2.45, 2.75) is 40.2 Å². The zero-order chi connectivity index (χ0) is 14.3. The molecule has 0 aromatic heterocycles. The lowest BCUT2D eigenvalue weighted by molar-refractivity contribution is -0.148. The van der Waals surface area contributed by atoms with E-state index in [4.69, 9.17) is 9.47 Å². The van der Waals surface area contributed by atoms with Crippen LogP contribution < -0.4 is 4.74 Å². The summed E-state index contributed by atoms with van der Waals surface area (Å²) in [7, 11) is 0. The molecule has 0 heterocycles. The predicted octanol–water partition coefficient (Wildman–Crippen LogP) is 3.09. The molecule has 4 nitrogen and oxygen atoms in total. The van der Waals surface area contributed by atoms with Crippen LogP contribution in [0.3, 0.4) is 0 Å². The highest BCUT2D eigenvalue weighted by atomic mass is 16.5. The van der Waals surface area contributed by atoms with Crippen molar-refractivity contribution in [2.75, 3.05) is 0 Å². The first kappa shape index (κ1) is 15.2. The van der Waals surface area contributed by atoms with E-state index < -0.39 is 0 Å². The van der Waals surface area contributed by atoms with Crippen LogP contribution in [0, 0.1) is 5.92 Å². The first-order valence-corrected chi connectivity index (χ1v) is 6.49. The minimum absolute atomic E-state index is 0.130. The third-order valence-corrected chi connectivity index (χ3v) is 2.46. The zero-order valence-electron chi connectivity index (χ0n) is 11.6. The molecule has 0 radical (unpaired) electrons. The summed E-state index contributed by atoms with van der Waals surface area (Å²) in [6.07, 6.45) is 1.18. The Kier molecular flexibility index (Phi) is 6.06. The van der Waals surface area contributed by atoms with Crippen LogP contribution in [0.15, 0.2) is 24.3 Å². The van der Waals surface area contributed by atoms with E-state index in [1.165, 1.54) is 0 Å². The topological polar surface area (TPSA) is 52.6 Å². The number of hydrogen-bond acceptors (Lipinski definition) is 4. The van der Waals surface area contributed by atoms with E-state index in [9.17, 15) is 9.59 Å². The Hall–Kier alpha value is -1.84. The fourth-order valence-corrected chi connectivity index (χ4v) is 1.36. The van der Waals surface area contributed by atoms with Gasteiger partial charge in [0.2, 0.25) is 0 Å². The molecule has 0 unspecified atom stereocenters. The van der Waals surface area contributed by atoms with E-state index in [0.717, 1.165) is 12.0 Å². The number of esters is 2. The van der Waals surface area contributed by atoms with Crippen LogP contribution in [0.5, 0.6) is 5.75 Å². The molecule has 1 aromatic carbocycles. The van der Waals surface area contributed by atoms with Crippen molar-refractivity contribution < 1.29 is 19.1 Å².